The van der Waals surface area contributed by atoms with Gasteiger partial charge in [0.05, 0.1) is 35.9 Å². The van der Waals surface area contributed by atoms with E-state index < -0.39 is 5.82 Å². The maximum absolute atomic E-state index is 13.3. The molecule has 0 aromatic heterocycles. The van der Waals surface area contributed by atoms with E-state index in [1.807, 2.05) is 12.3 Å². The molecule has 0 saturated carbocycles. The summed E-state index contributed by atoms with van der Waals surface area (Å²) >= 11 is 7.60. The lowest BCUT2D eigenvalue weighted by Gasteiger charge is -2.31. The molecular formula is C21H27ClFN3O3S. The number of amidine groups is 1. The highest BCUT2D eigenvalue weighted by Gasteiger charge is 2.35. The van der Waals surface area contributed by atoms with Crippen molar-refractivity contribution in [1.29, 1.82) is 0 Å². The Morgan fingerprint density at radius 2 is 2.20 bits per heavy atom. The number of nitrogens with two attached hydrogens (primary N) is 1. The van der Waals surface area contributed by atoms with Crippen LogP contribution < -0.4 is 5.73 Å². The second-order valence-corrected chi connectivity index (χ2v) is 8.62. The average Bonchev–Trinajstić information content (AvgIpc) is 3.21. The molecule has 0 spiro atoms. The summed E-state index contributed by atoms with van der Waals surface area (Å²) in [7, 11) is 0. The van der Waals surface area contributed by atoms with Gasteiger partial charge in [-0.25, -0.2) is 9.38 Å². The fourth-order valence-corrected chi connectivity index (χ4v) is 4.06. The summed E-state index contributed by atoms with van der Waals surface area (Å²) < 4.78 is 25.1. The number of allylic oxidation sites excluding steroid dienone is 2. The van der Waals surface area contributed by atoms with Crippen molar-refractivity contribution >= 4 is 34.9 Å². The normalized spacial score (nSPS) is 25.2. The molecule has 6 nitrogen and oxygen atoms in total. The molecule has 1 aromatic carbocycles. The molecule has 0 radical (unpaired) electrons. The van der Waals surface area contributed by atoms with E-state index in [1.165, 1.54) is 6.07 Å². The topological polar surface area (TPSA) is 78.4 Å². The maximum Gasteiger partial charge on any atom is 0.161 e. The minimum atomic E-state index is -0.419. The van der Waals surface area contributed by atoms with E-state index in [9.17, 15) is 4.39 Å². The van der Waals surface area contributed by atoms with E-state index >= 15 is 0 Å². The van der Waals surface area contributed by atoms with Crippen LogP contribution in [0.5, 0.6) is 0 Å². The second-order valence-electron chi connectivity index (χ2n) is 7.30. The van der Waals surface area contributed by atoms with Crippen molar-refractivity contribution < 1.29 is 18.7 Å². The lowest BCUT2D eigenvalue weighted by atomic mass is 10.0. The molecule has 1 fully saturated rings. The molecule has 3 unspecified atom stereocenters. The molecule has 2 N–H and O–H groups in total. The third-order valence-corrected chi connectivity index (χ3v) is 5.79. The Morgan fingerprint density at radius 3 is 2.87 bits per heavy atom. The van der Waals surface area contributed by atoms with Crippen LogP contribution in [0.4, 0.5) is 4.39 Å². The van der Waals surface area contributed by atoms with E-state index in [1.54, 1.807) is 30.8 Å². The fraction of sp³-hybridized carbons (Fsp3) is 0.524. The summed E-state index contributed by atoms with van der Waals surface area (Å²) in [6.07, 6.45) is 5.72. The number of rotatable bonds is 8. The lowest BCUT2D eigenvalue weighted by Crippen LogP contribution is -2.43. The summed E-state index contributed by atoms with van der Waals surface area (Å²) in [4.78, 5) is 10.0. The number of hydrogen-bond acceptors (Lipinski definition) is 6. The first-order valence-corrected chi connectivity index (χ1v) is 11.6. The van der Waals surface area contributed by atoms with Crippen LogP contribution in [0.3, 0.4) is 0 Å². The highest BCUT2D eigenvalue weighted by molar-refractivity contribution is 7.98. The standard InChI is InChI=1S/C21H27ClFN3O3S/c1-13(24)25-18(5-3-4-14-6-7-17(23)16(22)8-14)19-9-20(29-26-19)21-11-27-15(10-28-21)12-30-2/h5-8,15,20-21H,3-4,9-12H2,1-2H3,(H2,24,25)/b18-5-. The van der Waals surface area contributed by atoms with Gasteiger partial charge in [0.25, 0.3) is 0 Å². The maximum atomic E-state index is 13.3. The van der Waals surface area contributed by atoms with Gasteiger partial charge < -0.3 is 20.0 Å². The van der Waals surface area contributed by atoms with Gasteiger partial charge in [-0.3, -0.25) is 0 Å². The molecule has 1 aromatic rings. The monoisotopic (exact) mass is 455 g/mol. The Morgan fingerprint density at radius 1 is 1.37 bits per heavy atom. The molecule has 3 rings (SSSR count). The molecule has 0 amide bonds. The van der Waals surface area contributed by atoms with Crippen LogP contribution in [0.15, 0.2) is 40.1 Å². The summed E-state index contributed by atoms with van der Waals surface area (Å²) in [6.45, 7) is 2.78. The van der Waals surface area contributed by atoms with Gasteiger partial charge in [-0.2, -0.15) is 11.8 Å². The zero-order valence-corrected chi connectivity index (χ0v) is 18.7. The number of halogens is 2. The van der Waals surface area contributed by atoms with E-state index in [0.717, 1.165) is 17.0 Å². The number of benzene rings is 1. The van der Waals surface area contributed by atoms with Gasteiger partial charge in [-0.15, -0.1) is 0 Å². The summed E-state index contributed by atoms with van der Waals surface area (Å²) in [6, 6.07) is 4.74. The molecular weight excluding hydrogens is 429 g/mol. The van der Waals surface area contributed by atoms with Gasteiger partial charge >= 0.3 is 0 Å². The van der Waals surface area contributed by atoms with Crippen molar-refractivity contribution in [1.82, 2.24) is 0 Å². The second kappa shape index (κ2) is 11.1. The molecule has 2 heterocycles. The number of ether oxygens (including phenoxy) is 2. The summed E-state index contributed by atoms with van der Waals surface area (Å²) in [5, 5.41) is 4.35. The number of aryl methyl sites for hydroxylation is 1. The van der Waals surface area contributed by atoms with Gasteiger partial charge in [0.1, 0.15) is 17.6 Å². The Hall–Kier alpha value is -1.61. The first-order valence-electron chi connectivity index (χ1n) is 9.86. The Kier molecular flexibility index (Phi) is 8.56. The predicted molar refractivity (Wildman–Crippen MR) is 120 cm³/mol. The highest BCUT2D eigenvalue weighted by atomic mass is 35.5. The third kappa shape index (κ3) is 6.44. The minimum Gasteiger partial charge on any atom is -0.389 e. The largest absolute Gasteiger partial charge is 0.389 e. The third-order valence-electron chi connectivity index (χ3n) is 4.80. The smallest absolute Gasteiger partial charge is 0.161 e. The first-order chi connectivity index (χ1) is 14.5. The van der Waals surface area contributed by atoms with Crippen molar-refractivity contribution in [2.45, 2.75) is 44.5 Å². The number of thioether (sulfide) groups is 1. The molecule has 30 heavy (non-hydrogen) atoms. The molecule has 0 aliphatic carbocycles. The van der Waals surface area contributed by atoms with Gasteiger partial charge in [-0.1, -0.05) is 28.9 Å². The van der Waals surface area contributed by atoms with E-state index in [2.05, 4.69) is 10.1 Å². The van der Waals surface area contributed by atoms with Crippen LogP contribution in [0.2, 0.25) is 5.02 Å². The number of aliphatic imine (C=N–C) groups is 1. The molecule has 9 heteroatoms. The minimum absolute atomic E-state index is 0.123. The zero-order chi connectivity index (χ0) is 21.5. The SMILES string of the molecule is CSCC1COC(C2CC(/C(=C/CCc3ccc(F)c(Cl)c3)N=C(C)N)=NO2)CO1. The highest BCUT2D eigenvalue weighted by Crippen LogP contribution is 2.25. The molecule has 2 aliphatic heterocycles. The zero-order valence-electron chi connectivity index (χ0n) is 17.1. The van der Waals surface area contributed by atoms with Crippen LogP contribution in [0, 0.1) is 5.82 Å². The Bertz CT molecular complexity index is 822. The Balaban J connectivity index is 1.58. The van der Waals surface area contributed by atoms with Crippen molar-refractivity contribution in [3.05, 3.63) is 46.4 Å². The van der Waals surface area contributed by atoms with Gasteiger partial charge in [-0.05, 0) is 43.7 Å². The fourth-order valence-electron chi connectivity index (χ4n) is 3.29. The average molecular weight is 456 g/mol. The summed E-state index contributed by atoms with van der Waals surface area (Å²) in [5.41, 5.74) is 8.17. The van der Waals surface area contributed by atoms with Crippen LogP contribution in [-0.4, -0.2) is 55.1 Å². The van der Waals surface area contributed by atoms with E-state index in [0.29, 0.717) is 44.0 Å². The van der Waals surface area contributed by atoms with Crippen molar-refractivity contribution in [3.8, 4) is 0 Å². The molecule has 2 aliphatic rings. The number of hydrogen-bond donors (Lipinski definition) is 1. The number of oxime groups is 1. The Labute approximate surface area is 185 Å². The molecule has 164 valence electrons. The van der Waals surface area contributed by atoms with Gasteiger partial charge in [0, 0.05) is 12.2 Å². The van der Waals surface area contributed by atoms with Crippen molar-refractivity contribution in [2.75, 3.05) is 25.2 Å². The van der Waals surface area contributed by atoms with Crippen LogP contribution in [0.1, 0.15) is 25.3 Å². The summed E-state index contributed by atoms with van der Waals surface area (Å²) in [5.74, 6) is 0.933. The molecule has 1 saturated heterocycles. The lowest BCUT2D eigenvalue weighted by molar-refractivity contribution is -0.165. The quantitative estimate of drug-likeness (QED) is 0.474. The predicted octanol–water partition coefficient (Wildman–Crippen LogP) is 3.96. The molecule has 3 atom stereocenters. The number of nitrogens with zero attached hydrogens (tertiary/aromatic N) is 2. The molecule has 0 bridgehead atoms. The van der Waals surface area contributed by atoms with Gasteiger partial charge in [0.2, 0.25) is 0 Å². The van der Waals surface area contributed by atoms with Crippen molar-refractivity contribution in [3.63, 3.8) is 0 Å². The van der Waals surface area contributed by atoms with E-state index in [4.69, 9.17) is 31.6 Å². The first kappa shape index (κ1) is 23.1. The van der Waals surface area contributed by atoms with Crippen LogP contribution in [0.25, 0.3) is 0 Å². The van der Waals surface area contributed by atoms with Crippen LogP contribution in [-0.2, 0) is 20.7 Å². The van der Waals surface area contributed by atoms with Gasteiger partial charge in [0.15, 0.2) is 6.10 Å². The van der Waals surface area contributed by atoms with Crippen LogP contribution >= 0.6 is 23.4 Å². The van der Waals surface area contributed by atoms with E-state index in [-0.39, 0.29) is 23.3 Å². The van der Waals surface area contributed by atoms with Crippen molar-refractivity contribution in [2.24, 2.45) is 15.9 Å².